The number of amides is 1. The van der Waals surface area contributed by atoms with Crippen LogP contribution in [0.5, 0.6) is 5.75 Å². The van der Waals surface area contributed by atoms with Gasteiger partial charge in [0.05, 0.1) is 30.3 Å². The lowest BCUT2D eigenvalue weighted by atomic mass is 10.1. The minimum atomic E-state index is -0.258. The summed E-state index contributed by atoms with van der Waals surface area (Å²) < 4.78 is 7.84. The number of methoxy groups -OCH3 is 1. The topological polar surface area (TPSA) is 69.0 Å². The summed E-state index contributed by atoms with van der Waals surface area (Å²) in [5.74, 6) is 0.404. The molecule has 0 bridgehead atoms. The summed E-state index contributed by atoms with van der Waals surface area (Å²) in [6, 6.07) is 9.30. The molecule has 0 saturated carbocycles. The van der Waals surface area contributed by atoms with Gasteiger partial charge in [0.2, 0.25) is 0 Å². The molecule has 0 spiro atoms. The Morgan fingerprint density at radius 2 is 2.08 bits per heavy atom. The van der Waals surface area contributed by atoms with E-state index in [1.165, 1.54) is 0 Å². The maximum absolute atomic E-state index is 12.8. The number of ether oxygens (including phenoxy) is 1. The minimum absolute atomic E-state index is 0.258. The molecule has 3 rings (SSSR count). The van der Waals surface area contributed by atoms with Crippen LogP contribution in [-0.4, -0.2) is 27.8 Å². The second-order valence-corrected chi connectivity index (χ2v) is 6.37. The third kappa shape index (κ3) is 3.56. The first-order chi connectivity index (χ1) is 12.0. The molecule has 0 saturated heterocycles. The summed E-state index contributed by atoms with van der Waals surface area (Å²) in [4.78, 5) is 17.0. The molecule has 0 atom stereocenters. The average Bonchev–Trinajstić information content (AvgIpc) is 3.00. The number of nitrogens with zero attached hydrogens (tertiary/aromatic N) is 3. The SMILES string of the molecule is COc1ccccc1-c1nn(C)cc1C(=O)Nc1cnc(C)c(Br)c1. The number of aromatic nitrogens is 3. The Hall–Kier alpha value is -2.67. The van der Waals surface area contributed by atoms with Gasteiger partial charge < -0.3 is 10.1 Å². The van der Waals surface area contributed by atoms with Crippen LogP contribution >= 0.6 is 15.9 Å². The molecule has 3 aromatic rings. The zero-order valence-electron chi connectivity index (χ0n) is 14.1. The number of hydrogen-bond donors (Lipinski definition) is 1. The van der Waals surface area contributed by atoms with Crippen LogP contribution in [0.1, 0.15) is 16.1 Å². The lowest BCUT2D eigenvalue weighted by Gasteiger charge is -2.09. The lowest BCUT2D eigenvalue weighted by Crippen LogP contribution is -2.12. The molecule has 128 valence electrons. The van der Waals surface area contributed by atoms with Gasteiger partial charge in [0, 0.05) is 23.3 Å². The average molecular weight is 401 g/mol. The number of nitrogens with one attached hydrogen (secondary N) is 1. The van der Waals surface area contributed by atoms with Gasteiger partial charge in [-0.05, 0) is 41.1 Å². The maximum atomic E-state index is 12.8. The second kappa shape index (κ2) is 7.06. The molecule has 7 heteroatoms. The Bertz CT molecular complexity index is 937. The number of pyridine rings is 1. The molecule has 1 N–H and O–H groups in total. The number of carbonyl (C=O) groups excluding carboxylic acids is 1. The molecule has 0 aliphatic rings. The van der Waals surface area contributed by atoms with Crippen LogP contribution in [0.3, 0.4) is 0 Å². The van der Waals surface area contributed by atoms with Crippen molar-refractivity contribution in [2.24, 2.45) is 7.05 Å². The Kier molecular flexibility index (Phi) is 4.85. The van der Waals surface area contributed by atoms with E-state index in [-0.39, 0.29) is 5.91 Å². The molecular formula is C18H17BrN4O2. The molecule has 25 heavy (non-hydrogen) atoms. The van der Waals surface area contributed by atoms with Gasteiger partial charge in [0.1, 0.15) is 11.4 Å². The Balaban J connectivity index is 1.97. The monoisotopic (exact) mass is 400 g/mol. The predicted octanol–water partition coefficient (Wildman–Crippen LogP) is 3.81. The summed E-state index contributed by atoms with van der Waals surface area (Å²) in [5.41, 5.74) is 3.26. The van der Waals surface area contributed by atoms with E-state index in [1.54, 1.807) is 31.2 Å². The fourth-order valence-corrected chi connectivity index (χ4v) is 2.82. The summed E-state index contributed by atoms with van der Waals surface area (Å²) in [5, 5.41) is 7.30. The third-order valence-electron chi connectivity index (χ3n) is 3.72. The molecule has 0 aliphatic heterocycles. The van der Waals surface area contributed by atoms with Crippen molar-refractivity contribution in [2.75, 3.05) is 12.4 Å². The third-order valence-corrected chi connectivity index (χ3v) is 4.52. The van der Waals surface area contributed by atoms with E-state index in [4.69, 9.17) is 4.74 Å². The van der Waals surface area contributed by atoms with Gasteiger partial charge in [-0.2, -0.15) is 5.10 Å². The van der Waals surface area contributed by atoms with E-state index < -0.39 is 0 Å². The van der Waals surface area contributed by atoms with Crippen molar-refractivity contribution in [1.82, 2.24) is 14.8 Å². The number of carbonyl (C=O) groups is 1. The molecule has 1 aromatic carbocycles. The zero-order valence-corrected chi connectivity index (χ0v) is 15.7. The molecule has 0 fully saturated rings. The maximum Gasteiger partial charge on any atom is 0.259 e. The van der Waals surface area contributed by atoms with E-state index in [9.17, 15) is 4.79 Å². The van der Waals surface area contributed by atoms with Crippen LogP contribution in [-0.2, 0) is 7.05 Å². The molecule has 0 aliphatic carbocycles. The number of anilines is 1. The van der Waals surface area contributed by atoms with Gasteiger partial charge in [-0.1, -0.05) is 12.1 Å². The van der Waals surface area contributed by atoms with Gasteiger partial charge >= 0.3 is 0 Å². The number of rotatable bonds is 4. The smallest absolute Gasteiger partial charge is 0.259 e. The predicted molar refractivity (Wildman–Crippen MR) is 99.8 cm³/mol. The van der Waals surface area contributed by atoms with Gasteiger partial charge in [0.15, 0.2) is 0 Å². The van der Waals surface area contributed by atoms with Crippen molar-refractivity contribution < 1.29 is 9.53 Å². The summed E-state index contributed by atoms with van der Waals surface area (Å²) in [6.45, 7) is 1.89. The molecule has 0 unspecified atom stereocenters. The van der Waals surface area contributed by atoms with Crippen LogP contribution in [0.15, 0.2) is 47.2 Å². The van der Waals surface area contributed by atoms with Crippen molar-refractivity contribution >= 4 is 27.5 Å². The van der Waals surface area contributed by atoms with E-state index in [0.717, 1.165) is 15.7 Å². The lowest BCUT2D eigenvalue weighted by molar-refractivity contribution is 0.102. The fraction of sp³-hybridized carbons (Fsp3) is 0.167. The number of para-hydroxylation sites is 1. The highest BCUT2D eigenvalue weighted by Gasteiger charge is 2.20. The highest BCUT2D eigenvalue weighted by atomic mass is 79.9. The molecule has 2 heterocycles. The van der Waals surface area contributed by atoms with Crippen molar-refractivity contribution in [3.63, 3.8) is 0 Å². The highest BCUT2D eigenvalue weighted by Crippen LogP contribution is 2.31. The summed E-state index contributed by atoms with van der Waals surface area (Å²) >= 11 is 3.42. The van der Waals surface area contributed by atoms with E-state index >= 15 is 0 Å². The van der Waals surface area contributed by atoms with Gasteiger partial charge in [-0.15, -0.1) is 0 Å². The molecule has 0 radical (unpaired) electrons. The minimum Gasteiger partial charge on any atom is -0.496 e. The molecule has 2 aromatic heterocycles. The largest absolute Gasteiger partial charge is 0.496 e. The first-order valence-electron chi connectivity index (χ1n) is 7.60. The zero-order chi connectivity index (χ0) is 18.0. The Morgan fingerprint density at radius 3 is 2.80 bits per heavy atom. The quantitative estimate of drug-likeness (QED) is 0.722. The van der Waals surface area contributed by atoms with E-state index in [1.807, 2.05) is 37.3 Å². The van der Waals surface area contributed by atoms with Crippen LogP contribution in [0, 0.1) is 6.92 Å². The van der Waals surface area contributed by atoms with Crippen LogP contribution < -0.4 is 10.1 Å². The molecule has 1 amide bonds. The Labute approximate surface area is 154 Å². The molecular weight excluding hydrogens is 384 g/mol. The number of hydrogen-bond acceptors (Lipinski definition) is 4. The van der Waals surface area contributed by atoms with Crippen LogP contribution in [0.25, 0.3) is 11.3 Å². The van der Waals surface area contributed by atoms with Crippen molar-refractivity contribution in [2.45, 2.75) is 6.92 Å². The van der Waals surface area contributed by atoms with Gasteiger partial charge in [0.25, 0.3) is 5.91 Å². The Morgan fingerprint density at radius 1 is 1.32 bits per heavy atom. The van der Waals surface area contributed by atoms with Gasteiger partial charge in [-0.3, -0.25) is 14.5 Å². The van der Waals surface area contributed by atoms with E-state index in [2.05, 4.69) is 31.3 Å². The molecule has 6 nitrogen and oxygen atoms in total. The first-order valence-corrected chi connectivity index (χ1v) is 8.39. The van der Waals surface area contributed by atoms with Crippen LogP contribution in [0.2, 0.25) is 0 Å². The van der Waals surface area contributed by atoms with Crippen LogP contribution in [0.4, 0.5) is 5.69 Å². The summed E-state index contributed by atoms with van der Waals surface area (Å²) in [7, 11) is 3.37. The number of benzene rings is 1. The number of halogens is 1. The second-order valence-electron chi connectivity index (χ2n) is 5.51. The van der Waals surface area contributed by atoms with Crippen molar-refractivity contribution in [3.8, 4) is 17.0 Å². The first kappa shape index (κ1) is 17.2. The number of aryl methyl sites for hydroxylation is 2. The van der Waals surface area contributed by atoms with Crippen molar-refractivity contribution in [1.29, 1.82) is 0 Å². The fourth-order valence-electron chi connectivity index (χ4n) is 2.47. The van der Waals surface area contributed by atoms with E-state index in [0.29, 0.717) is 22.7 Å². The van der Waals surface area contributed by atoms with Crippen molar-refractivity contribution in [3.05, 3.63) is 58.5 Å². The normalized spacial score (nSPS) is 10.6. The highest BCUT2D eigenvalue weighted by molar-refractivity contribution is 9.10. The van der Waals surface area contributed by atoms with Gasteiger partial charge in [-0.25, -0.2) is 0 Å². The summed E-state index contributed by atoms with van der Waals surface area (Å²) in [6.07, 6.45) is 3.31. The standard InChI is InChI=1S/C18H17BrN4O2/c1-11-15(19)8-12(9-20-11)21-18(24)14-10-23(2)22-17(14)13-6-4-5-7-16(13)25-3/h4-10H,1-3H3,(H,21,24).